The first-order valence-corrected chi connectivity index (χ1v) is 10.2. The van der Waals surface area contributed by atoms with Crippen LogP contribution in [0.3, 0.4) is 0 Å². The number of carbonyl (C=O) groups excluding carboxylic acids is 2. The Morgan fingerprint density at radius 1 is 1.33 bits per heavy atom. The van der Waals surface area contributed by atoms with Gasteiger partial charge >= 0.3 is 5.97 Å². The van der Waals surface area contributed by atoms with Crippen LogP contribution in [0.5, 0.6) is 0 Å². The molecule has 0 aliphatic heterocycles. The maximum atomic E-state index is 13.2. The van der Waals surface area contributed by atoms with Gasteiger partial charge in [-0.15, -0.1) is 0 Å². The van der Waals surface area contributed by atoms with Crippen LogP contribution in [0.1, 0.15) is 38.4 Å². The third-order valence-electron chi connectivity index (χ3n) is 4.29. The van der Waals surface area contributed by atoms with E-state index in [0.717, 1.165) is 10.2 Å². The summed E-state index contributed by atoms with van der Waals surface area (Å²) in [4.78, 5) is 41.4. The van der Waals surface area contributed by atoms with E-state index in [4.69, 9.17) is 4.74 Å². The lowest BCUT2D eigenvalue weighted by atomic mass is 10.1. The molecule has 0 unspecified atom stereocenters. The van der Waals surface area contributed by atoms with Gasteiger partial charge in [-0.05, 0) is 25.0 Å². The number of methoxy groups -OCH3 is 1. The van der Waals surface area contributed by atoms with Crippen LogP contribution in [0.25, 0.3) is 15.3 Å². The Hall–Kier alpha value is -3.27. The number of H-pyrrole nitrogens is 1. The Bertz CT molecular complexity index is 1140. The first-order valence-electron chi connectivity index (χ1n) is 9.40. The van der Waals surface area contributed by atoms with Crippen molar-refractivity contribution >= 4 is 39.1 Å². The average Bonchev–Trinajstić information content (AvgIpc) is 3.26. The van der Waals surface area contributed by atoms with E-state index in [1.807, 2.05) is 38.1 Å². The number of carbonyl (C=O) groups is 2. The van der Waals surface area contributed by atoms with Gasteiger partial charge in [-0.2, -0.15) is 9.78 Å². The first-order chi connectivity index (χ1) is 14.3. The van der Waals surface area contributed by atoms with Crippen molar-refractivity contribution in [1.82, 2.24) is 20.2 Å². The lowest BCUT2D eigenvalue weighted by Gasteiger charge is -2.04. The number of hydrogen-bond donors (Lipinski definition) is 2. The number of aromatic amines is 1. The molecule has 3 aromatic rings. The fourth-order valence-corrected chi connectivity index (χ4v) is 3.83. The minimum atomic E-state index is -0.509. The number of nitrogens with zero attached hydrogens (tertiary/aromatic N) is 3. The van der Waals surface area contributed by atoms with Crippen LogP contribution in [0, 0.1) is 5.92 Å². The minimum Gasteiger partial charge on any atom is -0.469 e. The van der Waals surface area contributed by atoms with Crippen molar-refractivity contribution in [3.63, 3.8) is 0 Å². The lowest BCUT2D eigenvalue weighted by molar-refractivity contribution is -0.139. The normalized spacial score (nSPS) is 11.8. The molecule has 2 heterocycles. The molecule has 2 N–H and O–H groups in total. The predicted molar refractivity (Wildman–Crippen MR) is 115 cm³/mol. The summed E-state index contributed by atoms with van der Waals surface area (Å²) in [6.07, 6.45) is 0.167. The molecule has 1 amide bonds. The number of fused-ring (bicyclic) bond motifs is 1. The van der Waals surface area contributed by atoms with Crippen LogP contribution in [-0.4, -0.2) is 39.5 Å². The van der Waals surface area contributed by atoms with Crippen molar-refractivity contribution in [3.8, 4) is 5.13 Å². The molecule has 0 aliphatic rings. The number of rotatable bonds is 7. The number of esters is 1. The smallest absolute Gasteiger partial charge is 0.311 e. The summed E-state index contributed by atoms with van der Waals surface area (Å²) in [5.41, 5.74) is 3.64. The molecule has 0 aliphatic carbocycles. The van der Waals surface area contributed by atoms with Crippen LogP contribution >= 0.6 is 11.3 Å². The van der Waals surface area contributed by atoms with Gasteiger partial charge in [-0.3, -0.25) is 19.5 Å². The van der Waals surface area contributed by atoms with Crippen LogP contribution < -0.4 is 11.0 Å². The number of hydrazone groups is 1. The van der Waals surface area contributed by atoms with Crippen molar-refractivity contribution in [1.29, 1.82) is 0 Å². The summed E-state index contributed by atoms with van der Waals surface area (Å²) in [6.45, 7) is 5.45. The van der Waals surface area contributed by atoms with E-state index in [2.05, 4.69) is 20.6 Å². The highest BCUT2D eigenvalue weighted by atomic mass is 32.1. The van der Waals surface area contributed by atoms with Gasteiger partial charge in [0.2, 0.25) is 11.0 Å². The summed E-state index contributed by atoms with van der Waals surface area (Å²) in [7, 11) is 1.28. The standard InChI is InChI=1S/C20H23N5O4S/c1-11(2)9-16(26)23-22-12(3)18-14(10-17(27)29-4)24-25(19(18)28)20-21-13-7-5-6-8-15(13)30-20/h5-8,11,24H,9-10H2,1-4H3,(H,23,26)/b22-12+. The van der Waals surface area contributed by atoms with E-state index in [1.165, 1.54) is 23.1 Å². The van der Waals surface area contributed by atoms with Crippen LogP contribution in [0.2, 0.25) is 0 Å². The van der Waals surface area contributed by atoms with E-state index < -0.39 is 11.5 Å². The second kappa shape index (κ2) is 9.04. The quantitative estimate of drug-likeness (QED) is 0.340. The molecule has 1 aromatic carbocycles. The highest BCUT2D eigenvalue weighted by molar-refractivity contribution is 7.20. The molecule has 0 saturated carbocycles. The molecular formula is C20H23N5O4S. The number of ether oxygens (including phenoxy) is 1. The molecule has 0 fully saturated rings. The van der Waals surface area contributed by atoms with Crippen LogP contribution in [-0.2, 0) is 20.7 Å². The van der Waals surface area contributed by atoms with Gasteiger partial charge in [0.1, 0.15) is 0 Å². The van der Waals surface area contributed by atoms with E-state index in [9.17, 15) is 14.4 Å². The first kappa shape index (κ1) is 21.4. The molecule has 0 bridgehead atoms. The van der Waals surface area contributed by atoms with Gasteiger partial charge in [0.05, 0.1) is 40.7 Å². The Kier molecular flexibility index (Phi) is 6.46. The number of aromatic nitrogens is 3. The number of benzene rings is 1. The fraction of sp³-hybridized carbons (Fsp3) is 0.350. The monoisotopic (exact) mass is 429 g/mol. The molecule has 9 nitrogen and oxygen atoms in total. The maximum absolute atomic E-state index is 13.2. The van der Waals surface area contributed by atoms with Crippen molar-refractivity contribution in [2.45, 2.75) is 33.6 Å². The highest BCUT2D eigenvalue weighted by Gasteiger charge is 2.22. The Labute approximate surface area is 176 Å². The van der Waals surface area contributed by atoms with Gasteiger partial charge in [0.25, 0.3) is 5.56 Å². The molecule has 0 spiro atoms. The number of thiazole rings is 1. The zero-order valence-electron chi connectivity index (χ0n) is 17.2. The second-order valence-electron chi connectivity index (χ2n) is 7.15. The van der Waals surface area contributed by atoms with Crippen molar-refractivity contribution in [2.75, 3.05) is 7.11 Å². The van der Waals surface area contributed by atoms with Gasteiger partial charge in [0, 0.05) is 6.42 Å². The van der Waals surface area contributed by atoms with Gasteiger partial charge < -0.3 is 4.74 Å². The van der Waals surface area contributed by atoms with E-state index in [1.54, 1.807) is 6.92 Å². The Morgan fingerprint density at radius 3 is 2.73 bits per heavy atom. The van der Waals surface area contributed by atoms with Gasteiger partial charge in [-0.25, -0.2) is 10.4 Å². The second-order valence-corrected chi connectivity index (χ2v) is 8.16. The topological polar surface area (TPSA) is 118 Å². The highest BCUT2D eigenvalue weighted by Crippen LogP contribution is 2.23. The summed E-state index contributed by atoms with van der Waals surface area (Å²) in [6, 6.07) is 7.54. The zero-order valence-corrected chi connectivity index (χ0v) is 18.0. The molecule has 0 radical (unpaired) electrons. The Morgan fingerprint density at radius 2 is 2.07 bits per heavy atom. The summed E-state index contributed by atoms with van der Waals surface area (Å²) >= 11 is 1.34. The van der Waals surface area contributed by atoms with Crippen molar-refractivity contribution in [2.24, 2.45) is 11.0 Å². The number of amides is 1. The van der Waals surface area contributed by atoms with Gasteiger partial charge in [-0.1, -0.05) is 37.3 Å². The third-order valence-corrected chi connectivity index (χ3v) is 5.31. The van der Waals surface area contributed by atoms with Crippen LogP contribution in [0.4, 0.5) is 0 Å². The zero-order chi connectivity index (χ0) is 21.8. The molecule has 0 atom stereocenters. The molecule has 158 valence electrons. The van der Waals surface area contributed by atoms with Crippen LogP contribution in [0.15, 0.2) is 34.2 Å². The Balaban J connectivity index is 2.03. The van der Waals surface area contributed by atoms with Crippen molar-refractivity contribution < 1.29 is 14.3 Å². The summed E-state index contributed by atoms with van der Waals surface area (Å²) in [5.74, 6) is -0.578. The van der Waals surface area contributed by atoms with E-state index in [-0.39, 0.29) is 29.5 Å². The molecule has 3 rings (SSSR count). The number of para-hydroxylation sites is 1. The summed E-state index contributed by atoms with van der Waals surface area (Å²) < 4.78 is 6.95. The predicted octanol–water partition coefficient (Wildman–Crippen LogP) is 2.38. The minimum absolute atomic E-state index is 0.147. The van der Waals surface area contributed by atoms with E-state index >= 15 is 0 Å². The average molecular weight is 430 g/mol. The number of nitrogens with one attached hydrogen (secondary N) is 2. The molecule has 0 saturated heterocycles. The number of hydrogen-bond acceptors (Lipinski definition) is 7. The summed E-state index contributed by atoms with van der Waals surface area (Å²) in [5, 5.41) is 7.46. The van der Waals surface area contributed by atoms with Gasteiger partial charge in [0.15, 0.2) is 0 Å². The molecule has 30 heavy (non-hydrogen) atoms. The third kappa shape index (κ3) is 4.65. The molecular weight excluding hydrogens is 406 g/mol. The largest absolute Gasteiger partial charge is 0.469 e. The van der Waals surface area contributed by atoms with Crippen molar-refractivity contribution in [3.05, 3.63) is 45.9 Å². The fourth-order valence-electron chi connectivity index (χ4n) is 2.91. The maximum Gasteiger partial charge on any atom is 0.311 e. The van der Waals surface area contributed by atoms with E-state index in [0.29, 0.717) is 17.2 Å². The SMILES string of the molecule is COC(=O)Cc1[nH]n(-c2nc3ccccc3s2)c(=O)c1/C(C)=N/NC(=O)CC(C)C. The molecule has 10 heteroatoms. The lowest BCUT2D eigenvalue weighted by Crippen LogP contribution is -2.24. The molecule has 2 aromatic heterocycles.